The van der Waals surface area contributed by atoms with Gasteiger partial charge in [-0.3, -0.25) is 4.79 Å². The predicted molar refractivity (Wildman–Crippen MR) is 59.2 cm³/mol. The van der Waals surface area contributed by atoms with Crippen LogP contribution >= 0.6 is 11.8 Å². The smallest absolute Gasteiger partial charge is 0.321 e. The van der Waals surface area contributed by atoms with Crippen LogP contribution in [0.4, 0.5) is 0 Å². The molecule has 0 aliphatic rings. The molecule has 5 N–H and O–H groups in total. The Kier molecular flexibility index (Phi) is 7.45. The van der Waals surface area contributed by atoms with Crippen molar-refractivity contribution in [2.45, 2.75) is 19.0 Å². The maximum absolute atomic E-state index is 10.4. The summed E-state index contributed by atoms with van der Waals surface area (Å²) in [4.78, 5) is 10.4. The lowest BCUT2D eigenvalue weighted by molar-refractivity contribution is -0.137. The lowest BCUT2D eigenvalue weighted by atomic mass is 10.4. The largest absolute Gasteiger partial charge is 0.480 e. The zero-order chi connectivity index (χ0) is 11.0. The van der Waals surface area contributed by atoms with Gasteiger partial charge in [-0.2, -0.15) is 11.8 Å². The van der Waals surface area contributed by atoms with Gasteiger partial charge in [-0.25, -0.2) is 0 Å². The van der Waals surface area contributed by atoms with Gasteiger partial charge >= 0.3 is 5.97 Å². The average molecular weight is 219 g/mol. The monoisotopic (exact) mass is 219 g/mol. The van der Waals surface area contributed by atoms with E-state index in [1.807, 2.05) is 6.92 Å². The second-order valence-electron chi connectivity index (χ2n) is 3.00. The van der Waals surface area contributed by atoms with Gasteiger partial charge in [-0.15, -0.1) is 0 Å². The van der Waals surface area contributed by atoms with Crippen LogP contribution in [-0.2, 0) is 4.79 Å². The molecule has 0 aromatic heterocycles. The van der Waals surface area contributed by atoms with Crippen molar-refractivity contribution in [3.8, 4) is 0 Å². The van der Waals surface area contributed by atoms with Crippen molar-refractivity contribution in [2.75, 3.05) is 18.1 Å². The first-order valence-electron chi connectivity index (χ1n) is 4.36. The zero-order valence-corrected chi connectivity index (χ0v) is 9.01. The van der Waals surface area contributed by atoms with Crippen LogP contribution in [0.25, 0.3) is 0 Å². The number of hydrogen-bond acceptors (Lipinski definition) is 5. The molecule has 0 amide bonds. The molecular formula is C8H17N3O2S. The quantitative estimate of drug-likeness (QED) is 0.422. The van der Waals surface area contributed by atoms with Crippen molar-refractivity contribution >= 4 is 23.9 Å². The van der Waals surface area contributed by atoms with E-state index in [1.165, 1.54) is 18.0 Å². The van der Waals surface area contributed by atoms with Crippen LogP contribution in [0.15, 0.2) is 0 Å². The summed E-state index contributed by atoms with van der Waals surface area (Å²) in [6, 6.07) is -0.516. The Labute approximate surface area is 87.9 Å². The average Bonchev–Trinajstić information content (AvgIpc) is 2.14. The summed E-state index contributed by atoms with van der Waals surface area (Å²) in [6.45, 7) is 2.54. The first kappa shape index (κ1) is 13.4. The molecule has 0 radical (unpaired) electrons. The molecule has 5 nitrogen and oxygen atoms in total. The van der Waals surface area contributed by atoms with Gasteiger partial charge in [0, 0.05) is 30.3 Å². The number of nitrogens with one attached hydrogen (secondary N) is 2. The fourth-order valence-corrected chi connectivity index (χ4v) is 1.77. The summed E-state index contributed by atoms with van der Waals surface area (Å²) in [7, 11) is 0. The van der Waals surface area contributed by atoms with E-state index >= 15 is 0 Å². The van der Waals surface area contributed by atoms with E-state index in [-0.39, 0.29) is 6.04 Å². The SMILES string of the molecule is C[C@@H](CSC[C@H](N)C(=O)O)NCC=N. The minimum Gasteiger partial charge on any atom is -0.480 e. The van der Waals surface area contributed by atoms with E-state index in [0.29, 0.717) is 12.3 Å². The Morgan fingerprint density at radius 1 is 1.71 bits per heavy atom. The van der Waals surface area contributed by atoms with Crippen molar-refractivity contribution in [1.29, 1.82) is 5.41 Å². The van der Waals surface area contributed by atoms with Gasteiger partial charge in [0.2, 0.25) is 0 Å². The summed E-state index contributed by atoms with van der Waals surface area (Å²) < 4.78 is 0. The van der Waals surface area contributed by atoms with Crippen LogP contribution in [0.1, 0.15) is 6.92 Å². The lowest BCUT2D eigenvalue weighted by Crippen LogP contribution is -2.34. The second-order valence-corrected chi connectivity index (χ2v) is 4.07. The third-order valence-corrected chi connectivity index (χ3v) is 2.88. The summed E-state index contributed by atoms with van der Waals surface area (Å²) in [5.74, 6) is 0.262. The van der Waals surface area contributed by atoms with Crippen molar-refractivity contribution < 1.29 is 9.90 Å². The topological polar surface area (TPSA) is 99.2 Å². The van der Waals surface area contributed by atoms with E-state index < -0.39 is 12.0 Å². The first-order valence-corrected chi connectivity index (χ1v) is 5.51. The molecule has 0 spiro atoms. The molecule has 14 heavy (non-hydrogen) atoms. The number of nitrogens with two attached hydrogens (primary N) is 1. The van der Waals surface area contributed by atoms with Crippen LogP contribution in [0.2, 0.25) is 0 Å². The van der Waals surface area contributed by atoms with Gasteiger partial charge in [0.25, 0.3) is 0 Å². The summed E-state index contributed by atoms with van der Waals surface area (Å²) in [6.07, 6.45) is 1.30. The Bertz CT molecular complexity index is 189. The van der Waals surface area contributed by atoms with Gasteiger partial charge in [-0.05, 0) is 6.92 Å². The maximum atomic E-state index is 10.4. The summed E-state index contributed by atoms with van der Waals surface area (Å²) in [5, 5.41) is 18.4. The van der Waals surface area contributed by atoms with Gasteiger partial charge in [-0.1, -0.05) is 0 Å². The second kappa shape index (κ2) is 7.78. The Balaban J connectivity index is 3.43. The molecule has 0 aromatic carbocycles. The van der Waals surface area contributed by atoms with Gasteiger partial charge in [0.05, 0.1) is 0 Å². The molecule has 2 atom stereocenters. The number of hydrogen-bond donors (Lipinski definition) is 4. The molecular weight excluding hydrogens is 202 g/mol. The van der Waals surface area contributed by atoms with E-state index in [4.69, 9.17) is 16.2 Å². The maximum Gasteiger partial charge on any atom is 0.321 e. The number of thioether (sulfide) groups is 1. The van der Waals surface area contributed by atoms with Crippen LogP contribution in [0.3, 0.4) is 0 Å². The number of rotatable bonds is 8. The zero-order valence-electron chi connectivity index (χ0n) is 8.19. The van der Waals surface area contributed by atoms with Gasteiger partial charge < -0.3 is 21.6 Å². The Morgan fingerprint density at radius 3 is 2.86 bits per heavy atom. The number of carbonyl (C=O) groups is 1. The highest BCUT2D eigenvalue weighted by molar-refractivity contribution is 7.99. The van der Waals surface area contributed by atoms with Gasteiger partial charge in [0.15, 0.2) is 0 Å². The molecule has 0 rings (SSSR count). The van der Waals surface area contributed by atoms with Crippen LogP contribution in [-0.4, -0.2) is 47.4 Å². The van der Waals surface area contributed by atoms with E-state index in [1.54, 1.807) is 0 Å². The lowest BCUT2D eigenvalue weighted by Gasteiger charge is -2.12. The van der Waals surface area contributed by atoms with E-state index in [2.05, 4.69) is 5.32 Å². The molecule has 0 fully saturated rings. The third-order valence-electron chi connectivity index (χ3n) is 1.55. The highest BCUT2D eigenvalue weighted by Gasteiger charge is 2.11. The highest BCUT2D eigenvalue weighted by Crippen LogP contribution is 2.04. The highest BCUT2D eigenvalue weighted by atomic mass is 32.2. The molecule has 0 heterocycles. The Morgan fingerprint density at radius 2 is 2.36 bits per heavy atom. The van der Waals surface area contributed by atoms with Crippen LogP contribution in [0.5, 0.6) is 0 Å². The third kappa shape index (κ3) is 6.88. The van der Waals surface area contributed by atoms with Gasteiger partial charge in [0.1, 0.15) is 6.04 Å². The van der Waals surface area contributed by atoms with Crippen molar-refractivity contribution in [2.24, 2.45) is 5.73 Å². The molecule has 0 aliphatic carbocycles. The van der Waals surface area contributed by atoms with Crippen molar-refractivity contribution in [3.05, 3.63) is 0 Å². The fraction of sp³-hybridized carbons (Fsp3) is 0.750. The fourth-order valence-electron chi connectivity index (χ4n) is 0.762. The number of aliphatic carboxylic acids is 1. The molecule has 0 aliphatic heterocycles. The van der Waals surface area contributed by atoms with E-state index in [9.17, 15) is 4.79 Å². The molecule has 82 valence electrons. The molecule has 0 bridgehead atoms. The normalized spacial score (nSPS) is 14.7. The summed E-state index contributed by atoms with van der Waals surface area (Å²) >= 11 is 1.50. The predicted octanol–water partition coefficient (Wildman–Crippen LogP) is -0.241. The number of carboxylic acids is 1. The van der Waals surface area contributed by atoms with Crippen molar-refractivity contribution in [3.63, 3.8) is 0 Å². The first-order chi connectivity index (χ1) is 6.57. The minimum atomic E-state index is -0.961. The molecule has 0 aromatic rings. The van der Waals surface area contributed by atoms with Crippen molar-refractivity contribution in [1.82, 2.24) is 5.32 Å². The molecule has 0 saturated heterocycles. The van der Waals surface area contributed by atoms with Crippen LogP contribution in [0, 0.1) is 5.41 Å². The summed E-state index contributed by atoms with van der Waals surface area (Å²) in [5.41, 5.74) is 5.33. The molecule has 6 heteroatoms. The molecule has 0 saturated carbocycles. The minimum absolute atomic E-state index is 0.266. The Hall–Kier alpha value is -0.590. The standard InChI is InChI=1S/C8H17N3O2S/c1-6(11-3-2-9)4-14-5-7(10)8(12)13/h2,6-7,9,11H,3-5,10H2,1H3,(H,12,13)/t6-,7-/m0/s1. The van der Waals surface area contributed by atoms with E-state index in [0.717, 1.165) is 5.75 Å². The van der Waals surface area contributed by atoms with Crippen LogP contribution < -0.4 is 11.1 Å². The molecule has 0 unspecified atom stereocenters. The number of carboxylic acid groups (broad SMARTS) is 1.